The first-order chi connectivity index (χ1) is 19.5. The maximum absolute atomic E-state index is 10.5. The molecule has 236 valence electrons. The molecular weight excluding hydrogens is 516 g/mol. The van der Waals surface area contributed by atoms with Gasteiger partial charge in [0.1, 0.15) is 24.4 Å². The van der Waals surface area contributed by atoms with E-state index in [4.69, 9.17) is 9.47 Å². The fourth-order valence-electron chi connectivity index (χ4n) is 8.83. The van der Waals surface area contributed by atoms with E-state index in [1.807, 2.05) is 0 Å². The summed E-state index contributed by atoms with van der Waals surface area (Å²) in [4.78, 5) is 0. The van der Waals surface area contributed by atoms with Crippen LogP contribution in [0.2, 0.25) is 0 Å². The van der Waals surface area contributed by atoms with Crippen LogP contribution in [0.15, 0.2) is 23.8 Å². The van der Waals surface area contributed by atoms with E-state index in [0.717, 1.165) is 62.2 Å². The minimum atomic E-state index is -1.40. The van der Waals surface area contributed by atoms with Crippen LogP contribution in [0.5, 0.6) is 0 Å². The van der Waals surface area contributed by atoms with Crippen LogP contribution in [0.3, 0.4) is 0 Å². The highest BCUT2D eigenvalue weighted by molar-refractivity contribution is 5.27. The summed E-state index contributed by atoms with van der Waals surface area (Å²) in [6, 6.07) is 0. The van der Waals surface area contributed by atoms with Crippen molar-refractivity contribution in [1.82, 2.24) is 0 Å². The van der Waals surface area contributed by atoms with Crippen molar-refractivity contribution in [1.29, 1.82) is 0 Å². The van der Waals surface area contributed by atoms with E-state index < -0.39 is 37.3 Å². The molecule has 3 fully saturated rings. The Hall–Kier alpha value is -0.760. The van der Waals surface area contributed by atoms with Gasteiger partial charge in [-0.3, -0.25) is 0 Å². The Labute approximate surface area is 249 Å². The normalized spacial score (nSPS) is 45.3. The van der Waals surface area contributed by atoms with Gasteiger partial charge in [0.15, 0.2) is 6.29 Å². The molecule has 1 saturated heterocycles. The number of rotatable bonds is 9. The first kappa shape index (κ1) is 33.1. The quantitative estimate of drug-likeness (QED) is 0.198. The molecule has 13 atom stereocenters. The number of hydrogen-bond acceptors (Lipinski definition) is 6. The SMILES string of the molecule is CC[C@H](CC[C@@H](C)[C@H]1C/C=C/[C@@H]2CC[C@@H]3C[C@@H](O[C@@H]4O[C@H](CO)[C@@H](O)[C@H](O)[C@H]4O)CC[C@]3(C)/C2=C/C[C@@H]1C)C(C)C. The average molecular weight is 577 g/mol. The Morgan fingerprint density at radius 3 is 2.46 bits per heavy atom. The van der Waals surface area contributed by atoms with Crippen molar-refractivity contribution in [3.63, 3.8) is 0 Å². The molecule has 0 aromatic carbocycles. The molecule has 0 amide bonds. The van der Waals surface area contributed by atoms with E-state index in [1.54, 1.807) is 5.57 Å². The summed E-state index contributed by atoms with van der Waals surface area (Å²) in [5, 5.41) is 40.4. The standard InChI is InChI=1S/C35H60O6/c1-7-24(21(2)3)13-11-22(4)28-10-8-9-25-14-15-26-19-27(17-18-35(26,6)29(25)16-12-23(28)5)40-34-33(39)32(38)31(37)30(20-36)41-34/h8-9,16,21-28,30-34,36-39H,7,10-15,17-20H2,1-6H3/b9-8+,29-16+/t22-,23+,24-,25-,26-,27+,28-,30-,31-,32+,33-,34-,35+/m1/s1. The van der Waals surface area contributed by atoms with Gasteiger partial charge in [-0.15, -0.1) is 0 Å². The number of allylic oxidation sites excluding steroid dienone is 4. The number of ether oxygens (including phenoxy) is 2. The van der Waals surface area contributed by atoms with Gasteiger partial charge in [-0.2, -0.15) is 0 Å². The Kier molecular flexibility index (Phi) is 11.6. The second-order valence-corrected chi connectivity index (χ2v) is 14.7. The first-order valence-corrected chi connectivity index (χ1v) is 16.8. The second-order valence-electron chi connectivity index (χ2n) is 14.7. The van der Waals surface area contributed by atoms with Gasteiger partial charge in [0, 0.05) is 0 Å². The van der Waals surface area contributed by atoms with Crippen molar-refractivity contribution in [2.24, 2.45) is 46.8 Å². The van der Waals surface area contributed by atoms with Crippen LogP contribution >= 0.6 is 0 Å². The lowest BCUT2D eigenvalue weighted by molar-refractivity contribution is -0.315. The number of aliphatic hydroxyl groups is 4. The first-order valence-electron chi connectivity index (χ1n) is 16.8. The summed E-state index contributed by atoms with van der Waals surface area (Å²) >= 11 is 0. The zero-order valence-electron chi connectivity index (χ0n) is 26.6. The van der Waals surface area contributed by atoms with E-state index in [0.29, 0.717) is 17.8 Å². The molecule has 6 heteroatoms. The van der Waals surface area contributed by atoms with Crippen molar-refractivity contribution in [3.8, 4) is 0 Å². The zero-order chi connectivity index (χ0) is 29.9. The van der Waals surface area contributed by atoms with Crippen molar-refractivity contribution in [2.45, 2.75) is 143 Å². The van der Waals surface area contributed by atoms with Crippen molar-refractivity contribution < 1.29 is 29.9 Å². The van der Waals surface area contributed by atoms with E-state index in [1.165, 1.54) is 25.7 Å². The van der Waals surface area contributed by atoms with Crippen molar-refractivity contribution >= 4 is 0 Å². The largest absolute Gasteiger partial charge is 0.394 e. The summed E-state index contributed by atoms with van der Waals surface area (Å²) < 4.78 is 11.9. The van der Waals surface area contributed by atoms with Crippen molar-refractivity contribution in [2.75, 3.05) is 6.61 Å². The zero-order valence-corrected chi connectivity index (χ0v) is 26.6. The van der Waals surface area contributed by atoms with Crippen LogP contribution < -0.4 is 0 Å². The lowest BCUT2D eigenvalue weighted by Gasteiger charge is -2.52. The molecule has 2 saturated carbocycles. The van der Waals surface area contributed by atoms with E-state index >= 15 is 0 Å². The maximum atomic E-state index is 10.5. The van der Waals surface area contributed by atoms with Gasteiger partial charge in [-0.25, -0.2) is 0 Å². The highest BCUT2D eigenvalue weighted by Crippen LogP contribution is 2.56. The Balaban J connectivity index is 1.41. The van der Waals surface area contributed by atoms with Crippen LogP contribution in [-0.2, 0) is 9.47 Å². The second kappa shape index (κ2) is 14.3. The molecule has 4 N–H and O–H groups in total. The van der Waals surface area contributed by atoms with Crippen LogP contribution in [-0.4, -0.2) is 63.8 Å². The fourth-order valence-corrected chi connectivity index (χ4v) is 8.83. The molecule has 0 bridgehead atoms. The molecule has 6 nitrogen and oxygen atoms in total. The molecular formula is C35H60O6. The Morgan fingerprint density at radius 1 is 1.02 bits per heavy atom. The van der Waals surface area contributed by atoms with Crippen LogP contribution in [0, 0.1) is 46.8 Å². The minimum absolute atomic E-state index is 0.0829. The number of fused-ring (bicyclic) bond motifs is 3. The predicted molar refractivity (Wildman–Crippen MR) is 163 cm³/mol. The lowest BCUT2D eigenvalue weighted by Crippen LogP contribution is -2.60. The smallest absolute Gasteiger partial charge is 0.186 e. The van der Waals surface area contributed by atoms with Gasteiger partial charge in [-0.1, -0.05) is 78.2 Å². The van der Waals surface area contributed by atoms with Gasteiger partial charge in [0.2, 0.25) is 0 Å². The van der Waals surface area contributed by atoms with Crippen LogP contribution in [0.4, 0.5) is 0 Å². The fraction of sp³-hybridized carbons (Fsp3) is 0.886. The Morgan fingerprint density at radius 2 is 1.78 bits per heavy atom. The molecule has 0 unspecified atom stereocenters. The molecule has 4 aliphatic rings. The summed E-state index contributed by atoms with van der Waals surface area (Å²) in [5.74, 6) is 4.74. The lowest BCUT2D eigenvalue weighted by atomic mass is 9.54. The third-order valence-electron chi connectivity index (χ3n) is 11.9. The highest BCUT2D eigenvalue weighted by Gasteiger charge is 2.49. The molecule has 0 radical (unpaired) electrons. The third-order valence-corrected chi connectivity index (χ3v) is 11.9. The van der Waals surface area contributed by atoms with E-state index in [2.05, 4.69) is 59.8 Å². The molecule has 0 aromatic rings. The average Bonchev–Trinajstić information content (AvgIpc) is 3.02. The Bertz CT molecular complexity index is 884. The monoisotopic (exact) mass is 576 g/mol. The van der Waals surface area contributed by atoms with Gasteiger partial charge in [0.25, 0.3) is 0 Å². The third kappa shape index (κ3) is 7.32. The number of aliphatic hydroxyl groups excluding tert-OH is 4. The summed E-state index contributed by atoms with van der Waals surface area (Å²) in [6.07, 6.45) is 12.9. The summed E-state index contributed by atoms with van der Waals surface area (Å²) in [7, 11) is 0. The molecule has 0 spiro atoms. The van der Waals surface area contributed by atoms with E-state index in [9.17, 15) is 20.4 Å². The summed E-state index contributed by atoms with van der Waals surface area (Å²) in [6.45, 7) is 14.1. The van der Waals surface area contributed by atoms with Gasteiger partial charge < -0.3 is 29.9 Å². The topological polar surface area (TPSA) is 99.4 Å². The van der Waals surface area contributed by atoms with Crippen molar-refractivity contribution in [3.05, 3.63) is 23.8 Å². The maximum Gasteiger partial charge on any atom is 0.186 e. The van der Waals surface area contributed by atoms with Gasteiger partial charge in [0.05, 0.1) is 12.7 Å². The predicted octanol–water partition coefficient (Wildman–Crippen LogP) is 6.02. The molecule has 4 rings (SSSR count). The highest BCUT2D eigenvalue weighted by atomic mass is 16.7. The molecule has 1 heterocycles. The van der Waals surface area contributed by atoms with Gasteiger partial charge >= 0.3 is 0 Å². The molecule has 1 aliphatic heterocycles. The number of hydrogen-bond donors (Lipinski definition) is 4. The van der Waals surface area contributed by atoms with Crippen LogP contribution in [0.1, 0.15) is 106 Å². The molecule has 41 heavy (non-hydrogen) atoms. The summed E-state index contributed by atoms with van der Waals surface area (Å²) in [5.41, 5.74) is 1.77. The molecule has 0 aromatic heterocycles. The molecule has 3 aliphatic carbocycles. The van der Waals surface area contributed by atoms with Gasteiger partial charge in [-0.05, 0) is 98.2 Å². The minimum Gasteiger partial charge on any atom is -0.394 e. The van der Waals surface area contributed by atoms with E-state index in [-0.39, 0.29) is 11.5 Å². The van der Waals surface area contributed by atoms with Crippen LogP contribution in [0.25, 0.3) is 0 Å².